The van der Waals surface area contributed by atoms with E-state index in [0.717, 1.165) is 38.0 Å². The molecular formula is C18H28N2O3. The number of piperidine rings is 1. The van der Waals surface area contributed by atoms with Gasteiger partial charge in [-0.3, -0.25) is 9.69 Å². The van der Waals surface area contributed by atoms with Crippen molar-refractivity contribution < 1.29 is 14.6 Å². The van der Waals surface area contributed by atoms with Gasteiger partial charge in [0.05, 0.1) is 6.10 Å². The number of benzene rings is 1. The van der Waals surface area contributed by atoms with Gasteiger partial charge in [-0.05, 0) is 37.8 Å². The number of aliphatic hydroxyl groups is 1. The predicted molar refractivity (Wildman–Crippen MR) is 89.9 cm³/mol. The first kappa shape index (κ1) is 17.9. The zero-order chi connectivity index (χ0) is 16.7. The van der Waals surface area contributed by atoms with Crippen molar-refractivity contribution in [1.29, 1.82) is 0 Å². The number of carbonyl (C=O) groups excluding carboxylic acids is 1. The summed E-state index contributed by atoms with van der Waals surface area (Å²) in [5.74, 6) is -0.0807. The van der Waals surface area contributed by atoms with Gasteiger partial charge in [-0.2, -0.15) is 0 Å². The second-order valence-electron chi connectivity index (χ2n) is 6.14. The minimum atomic E-state index is -0.409. The number of ether oxygens (including phenoxy) is 1. The van der Waals surface area contributed by atoms with Crippen LogP contribution >= 0.6 is 0 Å². The van der Waals surface area contributed by atoms with E-state index in [1.54, 1.807) is 6.92 Å². The average Bonchev–Trinajstić information content (AvgIpc) is 2.56. The summed E-state index contributed by atoms with van der Waals surface area (Å²) in [6.07, 6.45) is 1.19. The fourth-order valence-corrected chi connectivity index (χ4v) is 2.76. The molecule has 0 saturated carbocycles. The highest BCUT2D eigenvalue weighted by molar-refractivity contribution is 5.80. The Morgan fingerprint density at radius 1 is 1.30 bits per heavy atom. The molecule has 2 N–H and O–H groups in total. The van der Waals surface area contributed by atoms with Crippen LogP contribution in [0.5, 0.6) is 0 Å². The van der Waals surface area contributed by atoms with Crippen molar-refractivity contribution in [2.75, 3.05) is 19.7 Å². The Morgan fingerprint density at radius 3 is 2.52 bits per heavy atom. The van der Waals surface area contributed by atoms with Crippen molar-refractivity contribution >= 4 is 5.91 Å². The maximum atomic E-state index is 11.8. The Balaban J connectivity index is 1.77. The summed E-state index contributed by atoms with van der Waals surface area (Å²) in [4.78, 5) is 14.2. The maximum Gasteiger partial charge on any atom is 0.249 e. The fraction of sp³-hybridized carbons (Fsp3) is 0.611. The van der Waals surface area contributed by atoms with Crippen LogP contribution in [0.2, 0.25) is 0 Å². The summed E-state index contributed by atoms with van der Waals surface area (Å²) in [6, 6.07) is 8.33. The summed E-state index contributed by atoms with van der Waals surface area (Å²) in [6.45, 7) is 7.52. The molecule has 1 aromatic rings. The molecule has 0 spiro atoms. The number of amides is 1. The highest BCUT2D eigenvalue weighted by Crippen LogP contribution is 2.14. The Kier molecular flexibility index (Phi) is 7.02. The molecule has 1 heterocycles. The molecule has 1 amide bonds. The first-order valence-electron chi connectivity index (χ1n) is 8.46. The predicted octanol–water partition coefficient (Wildman–Crippen LogP) is 1.68. The van der Waals surface area contributed by atoms with Gasteiger partial charge >= 0.3 is 0 Å². The Hall–Kier alpha value is -1.43. The molecule has 1 aliphatic rings. The van der Waals surface area contributed by atoms with Crippen LogP contribution in [0.3, 0.4) is 0 Å². The third-order valence-electron chi connectivity index (χ3n) is 4.24. The quantitative estimate of drug-likeness (QED) is 0.802. The van der Waals surface area contributed by atoms with Crippen LogP contribution in [0.25, 0.3) is 0 Å². The third-order valence-corrected chi connectivity index (χ3v) is 4.24. The summed E-state index contributed by atoms with van der Waals surface area (Å²) < 4.78 is 5.27. The van der Waals surface area contributed by atoms with Crippen molar-refractivity contribution in [3.8, 4) is 0 Å². The molecule has 0 radical (unpaired) electrons. The number of nitrogens with zero attached hydrogens (tertiary/aromatic N) is 1. The average molecular weight is 320 g/mol. The van der Waals surface area contributed by atoms with Crippen LogP contribution in [0.15, 0.2) is 24.3 Å². The van der Waals surface area contributed by atoms with E-state index >= 15 is 0 Å². The van der Waals surface area contributed by atoms with Gasteiger partial charge in [0.1, 0.15) is 6.10 Å². The number of rotatable bonds is 7. The number of hydrogen-bond acceptors (Lipinski definition) is 4. The second kappa shape index (κ2) is 9.01. The summed E-state index contributed by atoms with van der Waals surface area (Å²) in [5, 5.41) is 12.4. The van der Waals surface area contributed by atoms with Crippen LogP contribution < -0.4 is 5.32 Å². The van der Waals surface area contributed by atoms with E-state index < -0.39 is 6.10 Å². The number of hydrogen-bond donors (Lipinski definition) is 2. The van der Waals surface area contributed by atoms with Crippen molar-refractivity contribution in [3.63, 3.8) is 0 Å². The maximum absolute atomic E-state index is 11.8. The zero-order valence-electron chi connectivity index (χ0n) is 14.1. The van der Waals surface area contributed by atoms with Crippen LogP contribution in [0.1, 0.15) is 37.8 Å². The molecule has 1 fully saturated rings. The molecule has 23 heavy (non-hydrogen) atoms. The van der Waals surface area contributed by atoms with Crippen LogP contribution in [0.4, 0.5) is 0 Å². The van der Waals surface area contributed by atoms with E-state index in [4.69, 9.17) is 4.74 Å². The zero-order valence-corrected chi connectivity index (χ0v) is 14.1. The summed E-state index contributed by atoms with van der Waals surface area (Å²) in [7, 11) is 0. The van der Waals surface area contributed by atoms with Crippen molar-refractivity contribution in [2.45, 2.75) is 52.0 Å². The first-order chi connectivity index (χ1) is 11.1. The molecule has 1 unspecified atom stereocenters. The first-order valence-corrected chi connectivity index (χ1v) is 8.46. The van der Waals surface area contributed by atoms with Gasteiger partial charge in [-0.15, -0.1) is 0 Å². The Bertz CT molecular complexity index is 482. The number of aliphatic hydroxyl groups excluding tert-OH is 1. The number of likely N-dealkylation sites (tertiary alicyclic amines) is 1. The lowest BCUT2D eigenvalue weighted by Crippen LogP contribution is -2.35. The topological polar surface area (TPSA) is 61.8 Å². The van der Waals surface area contributed by atoms with Gasteiger partial charge in [-0.25, -0.2) is 0 Å². The van der Waals surface area contributed by atoms with E-state index in [0.29, 0.717) is 13.2 Å². The van der Waals surface area contributed by atoms with E-state index in [2.05, 4.69) is 34.5 Å². The Labute approximate surface area is 138 Å². The molecule has 1 atom stereocenters. The number of nitrogens with one attached hydrogen (secondary N) is 1. The monoisotopic (exact) mass is 320 g/mol. The molecule has 1 aliphatic heterocycles. The molecule has 0 aromatic heterocycles. The molecular weight excluding hydrogens is 292 g/mol. The number of carbonyl (C=O) groups is 1. The van der Waals surface area contributed by atoms with Crippen molar-refractivity contribution in [3.05, 3.63) is 35.4 Å². The standard InChI is InChI=1S/C18H28N2O3/c1-3-23-14(2)18(22)19-12-15-4-6-16(7-5-15)13-20-10-8-17(21)9-11-20/h4-7,14,17,21H,3,8-13H2,1-2H3,(H,19,22). The van der Waals surface area contributed by atoms with Gasteiger partial charge in [0.25, 0.3) is 0 Å². The van der Waals surface area contributed by atoms with Crippen LogP contribution in [-0.2, 0) is 22.6 Å². The minimum absolute atomic E-state index is 0.0807. The van der Waals surface area contributed by atoms with Crippen molar-refractivity contribution in [1.82, 2.24) is 10.2 Å². The minimum Gasteiger partial charge on any atom is -0.393 e. The highest BCUT2D eigenvalue weighted by Gasteiger charge is 2.16. The van der Waals surface area contributed by atoms with E-state index in [9.17, 15) is 9.90 Å². The molecule has 0 aliphatic carbocycles. The van der Waals surface area contributed by atoms with E-state index in [1.165, 1.54) is 5.56 Å². The highest BCUT2D eigenvalue weighted by atomic mass is 16.5. The van der Waals surface area contributed by atoms with Gasteiger partial charge < -0.3 is 15.2 Å². The lowest BCUT2D eigenvalue weighted by molar-refractivity contribution is -0.131. The van der Waals surface area contributed by atoms with Crippen molar-refractivity contribution in [2.24, 2.45) is 0 Å². The normalized spacial score (nSPS) is 17.9. The van der Waals surface area contributed by atoms with Gasteiger partial charge in [0.15, 0.2) is 0 Å². The molecule has 0 bridgehead atoms. The largest absolute Gasteiger partial charge is 0.393 e. The molecule has 5 nitrogen and oxygen atoms in total. The SMILES string of the molecule is CCOC(C)C(=O)NCc1ccc(CN2CCC(O)CC2)cc1. The van der Waals surface area contributed by atoms with Crippen LogP contribution in [0, 0.1) is 0 Å². The fourth-order valence-electron chi connectivity index (χ4n) is 2.76. The lowest BCUT2D eigenvalue weighted by Gasteiger charge is -2.29. The summed E-state index contributed by atoms with van der Waals surface area (Å²) >= 11 is 0. The lowest BCUT2D eigenvalue weighted by atomic mass is 10.1. The van der Waals surface area contributed by atoms with Gasteiger partial charge in [0.2, 0.25) is 5.91 Å². The molecule has 1 saturated heterocycles. The third kappa shape index (κ3) is 5.94. The van der Waals surface area contributed by atoms with Crippen LogP contribution in [-0.4, -0.2) is 47.8 Å². The van der Waals surface area contributed by atoms with E-state index in [1.807, 2.05) is 6.92 Å². The molecule has 5 heteroatoms. The smallest absolute Gasteiger partial charge is 0.249 e. The molecule has 128 valence electrons. The van der Waals surface area contributed by atoms with Gasteiger partial charge in [-0.1, -0.05) is 24.3 Å². The molecule has 1 aromatic carbocycles. The summed E-state index contributed by atoms with van der Waals surface area (Å²) in [5.41, 5.74) is 2.35. The molecule has 2 rings (SSSR count). The van der Waals surface area contributed by atoms with E-state index in [-0.39, 0.29) is 12.0 Å². The second-order valence-corrected chi connectivity index (χ2v) is 6.14. The van der Waals surface area contributed by atoms with Gasteiger partial charge in [0, 0.05) is 32.8 Å². The Morgan fingerprint density at radius 2 is 1.91 bits per heavy atom.